The minimum Gasteiger partial charge on any atom is -0.310 e. The van der Waals surface area contributed by atoms with Gasteiger partial charge in [0.05, 0.1) is 18.1 Å². The van der Waals surface area contributed by atoms with Crippen molar-refractivity contribution >= 4 is 10.8 Å². The molecule has 0 aliphatic heterocycles. The molecular weight excluding hydrogens is 346 g/mol. The smallest absolute Gasteiger partial charge is 0.274 e. The van der Waals surface area contributed by atoms with E-state index in [-0.39, 0.29) is 11.6 Å². The quantitative estimate of drug-likeness (QED) is 0.711. The fourth-order valence-electron chi connectivity index (χ4n) is 4.38. The van der Waals surface area contributed by atoms with Crippen molar-refractivity contribution in [3.63, 3.8) is 0 Å². The summed E-state index contributed by atoms with van der Waals surface area (Å²) in [4.78, 5) is 12.6. The van der Waals surface area contributed by atoms with Gasteiger partial charge in [-0.25, -0.2) is 4.68 Å². The normalized spacial score (nSPS) is 15.9. The van der Waals surface area contributed by atoms with Gasteiger partial charge < -0.3 is 5.32 Å². The zero-order chi connectivity index (χ0) is 19.5. The molecule has 2 unspecified atom stereocenters. The van der Waals surface area contributed by atoms with Crippen molar-refractivity contribution in [3.8, 4) is 0 Å². The molecule has 1 aliphatic rings. The molecule has 0 spiro atoms. The maximum Gasteiger partial charge on any atom is 0.274 e. The first-order valence-electron chi connectivity index (χ1n) is 10.4. The van der Waals surface area contributed by atoms with E-state index in [0.717, 1.165) is 17.2 Å². The van der Waals surface area contributed by atoms with Crippen molar-refractivity contribution in [1.82, 2.24) is 15.1 Å². The van der Waals surface area contributed by atoms with Gasteiger partial charge in [0.2, 0.25) is 0 Å². The minimum atomic E-state index is -0.0194. The first-order valence-corrected chi connectivity index (χ1v) is 10.4. The molecule has 0 saturated carbocycles. The Kier molecular flexibility index (Phi) is 5.58. The predicted octanol–water partition coefficient (Wildman–Crippen LogP) is 3.88. The van der Waals surface area contributed by atoms with Gasteiger partial charge in [0, 0.05) is 17.5 Å². The lowest BCUT2D eigenvalue weighted by Gasteiger charge is -2.22. The van der Waals surface area contributed by atoms with Gasteiger partial charge in [0.1, 0.15) is 0 Å². The second-order valence-corrected chi connectivity index (χ2v) is 8.20. The number of nitrogens with zero attached hydrogens (tertiary/aromatic N) is 2. The highest BCUT2D eigenvalue weighted by Gasteiger charge is 2.13. The van der Waals surface area contributed by atoms with E-state index in [0.29, 0.717) is 12.6 Å². The SMILES string of the molecule is CC(Cc1ccc2c(c1)CCCC2)NC(C)Cn1ncc2ccccc2c1=O. The summed E-state index contributed by atoms with van der Waals surface area (Å²) in [6, 6.07) is 15.1. The zero-order valence-corrected chi connectivity index (χ0v) is 16.8. The van der Waals surface area contributed by atoms with Crippen LogP contribution in [0.15, 0.2) is 53.5 Å². The Morgan fingerprint density at radius 2 is 1.82 bits per heavy atom. The Labute approximate surface area is 166 Å². The number of benzene rings is 2. The van der Waals surface area contributed by atoms with Crippen LogP contribution < -0.4 is 10.9 Å². The first kappa shape index (κ1) is 18.9. The van der Waals surface area contributed by atoms with Crippen LogP contribution in [0.5, 0.6) is 0 Å². The lowest BCUT2D eigenvalue weighted by atomic mass is 9.89. The van der Waals surface area contributed by atoms with Crippen molar-refractivity contribution in [2.75, 3.05) is 0 Å². The molecule has 0 bridgehead atoms. The average Bonchev–Trinajstić information content (AvgIpc) is 2.70. The third-order valence-corrected chi connectivity index (χ3v) is 5.73. The van der Waals surface area contributed by atoms with Gasteiger partial charge in [-0.3, -0.25) is 4.79 Å². The van der Waals surface area contributed by atoms with E-state index < -0.39 is 0 Å². The Morgan fingerprint density at radius 1 is 1.04 bits per heavy atom. The second-order valence-electron chi connectivity index (χ2n) is 8.20. The van der Waals surface area contributed by atoms with Gasteiger partial charge in [-0.05, 0) is 68.7 Å². The van der Waals surface area contributed by atoms with E-state index in [4.69, 9.17) is 0 Å². The molecule has 2 atom stereocenters. The summed E-state index contributed by atoms with van der Waals surface area (Å²) in [6.45, 7) is 4.90. The Morgan fingerprint density at radius 3 is 2.68 bits per heavy atom. The molecule has 2 aromatic carbocycles. The lowest BCUT2D eigenvalue weighted by Crippen LogP contribution is -2.41. The summed E-state index contributed by atoms with van der Waals surface area (Å²) in [7, 11) is 0. The molecule has 0 amide bonds. The maximum absolute atomic E-state index is 12.6. The second kappa shape index (κ2) is 8.27. The summed E-state index contributed by atoms with van der Waals surface area (Å²) in [5, 5.41) is 9.60. The van der Waals surface area contributed by atoms with Crippen molar-refractivity contribution in [2.24, 2.45) is 0 Å². The van der Waals surface area contributed by atoms with Crippen LogP contribution in [0, 0.1) is 0 Å². The highest BCUT2D eigenvalue weighted by atomic mass is 16.1. The molecule has 3 aromatic rings. The zero-order valence-electron chi connectivity index (χ0n) is 16.8. The van der Waals surface area contributed by atoms with Gasteiger partial charge in [-0.2, -0.15) is 5.10 Å². The van der Waals surface area contributed by atoms with Gasteiger partial charge in [0.25, 0.3) is 5.56 Å². The van der Waals surface area contributed by atoms with E-state index in [2.05, 4.69) is 42.5 Å². The lowest BCUT2D eigenvalue weighted by molar-refractivity contribution is 0.398. The average molecular weight is 376 g/mol. The third kappa shape index (κ3) is 4.17. The Hall–Kier alpha value is -2.46. The molecule has 4 rings (SSSR count). The van der Waals surface area contributed by atoms with Crippen molar-refractivity contribution in [2.45, 2.75) is 64.6 Å². The number of aryl methyl sites for hydroxylation is 2. The van der Waals surface area contributed by atoms with Crippen LogP contribution in [0.1, 0.15) is 43.4 Å². The van der Waals surface area contributed by atoms with Crippen LogP contribution in [-0.4, -0.2) is 21.9 Å². The fourth-order valence-corrected chi connectivity index (χ4v) is 4.38. The summed E-state index contributed by atoms with van der Waals surface area (Å²) in [5.41, 5.74) is 4.45. The monoisotopic (exact) mass is 375 g/mol. The number of hydrogen-bond acceptors (Lipinski definition) is 3. The van der Waals surface area contributed by atoms with E-state index >= 15 is 0 Å². The predicted molar refractivity (Wildman–Crippen MR) is 115 cm³/mol. The summed E-state index contributed by atoms with van der Waals surface area (Å²) < 4.78 is 1.58. The van der Waals surface area contributed by atoms with Crippen molar-refractivity contribution in [1.29, 1.82) is 0 Å². The fraction of sp³-hybridized carbons (Fsp3) is 0.417. The van der Waals surface area contributed by atoms with Crippen LogP contribution in [-0.2, 0) is 25.8 Å². The van der Waals surface area contributed by atoms with Gasteiger partial charge in [0.15, 0.2) is 0 Å². The molecule has 0 fully saturated rings. The van der Waals surface area contributed by atoms with Gasteiger partial charge in [-0.1, -0.05) is 36.4 Å². The van der Waals surface area contributed by atoms with Crippen molar-refractivity contribution < 1.29 is 0 Å². The molecule has 1 heterocycles. The topological polar surface area (TPSA) is 46.9 Å². The van der Waals surface area contributed by atoms with E-state index in [1.807, 2.05) is 24.3 Å². The van der Waals surface area contributed by atoms with Crippen molar-refractivity contribution in [3.05, 3.63) is 75.7 Å². The van der Waals surface area contributed by atoms with Gasteiger partial charge >= 0.3 is 0 Å². The molecule has 0 saturated heterocycles. The Balaban J connectivity index is 1.39. The minimum absolute atomic E-state index is 0.0194. The summed E-state index contributed by atoms with van der Waals surface area (Å²) in [5.74, 6) is 0. The molecule has 146 valence electrons. The standard InChI is InChI=1S/C24H29N3O/c1-17(13-19-11-12-20-7-3-4-8-21(20)14-19)26-18(2)16-27-24(28)23-10-6-5-9-22(23)15-25-27/h5-6,9-12,14-15,17-18,26H,3-4,7-8,13,16H2,1-2H3. The highest BCUT2D eigenvalue weighted by molar-refractivity contribution is 5.80. The molecule has 0 radical (unpaired) electrons. The van der Waals surface area contributed by atoms with Gasteiger partial charge in [-0.15, -0.1) is 0 Å². The van der Waals surface area contributed by atoms with Crippen LogP contribution in [0.3, 0.4) is 0 Å². The number of fused-ring (bicyclic) bond motifs is 2. The molecule has 1 aliphatic carbocycles. The number of hydrogen-bond donors (Lipinski definition) is 1. The largest absolute Gasteiger partial charge is 0.310 e. The maximum atomic E-state index is 12.6. The molecule has 28 heavy (non-hydrogen) atoms. The number of rotatable bonds is 6. The number of aromatic nitrogens is 2. The molecule has 4 heteroatoms. The van der Waals surface area contributed by atoms with Crippen LogP contribution >= 0.6 is 0 Å². The van der Waals surface area contributed by atoms with Crippen LogP contribution in [0.4, 0.5) is 0 Å². The number of nitrogens with one attached hydrogen (secondary N) is 1. The molecule has 1 aromatic heterocycles. The highest BCUT2D eigenvalue weighted by Crippen LogP contribution is 2.22. The molecule has 4 nitrogen and oxygen atoms in total. The Bertz CT molecular complexity index is 1020. The first-order chi connectivity index (χ1) is 13.6. The van der Waals surface area contributed by atoms with Crippen LogP contribution in [0.25, 0.3) is 10.8 Å². The summed E-state index contributed by atoms with van der Waals surface area (Å²) in [6.07, 6.45) is 7.86. The molecular formula is C24H29N3O. The van der Waals surface area contributed by atoms with E-state index in [1.54, 1.807) is 10.9 Å². The summed E-state index contributed by atoms with van der Waals surface area (Å²) >= 11 is 0. The van der Waals surface area contributed by atoms with E-state index in [9.17, 15) is 4.79 Å². The molecule has 1 N–H and O–H groups in total. The third-order valence-electron chi connectivity index (χ3n) is 5.73. The van der Waals surface area contributed by atoms with Crippen LogP contribution in [0.2, 0.25) is 0 Å². The van der Waals surface area contributed by atoms with E-state index in [1.165, 1.54) is 42.4 Å².